The van der Waals surface area contributed by atoms with E-state index in [1.807, 2.05) is 23.1 Å². The molecule has 142 valence electrons. The van der Waals surface area contributed by atoms with Gasteiger partial charge in [0.25, 0.3) is 5.56 Å². The van der Waals surface area contributed by atoms with Crippen molar-refractivity contribution in [2.24, 2.45) is 5.92 Å². The molecule has 5 nitrogen and oxygen atoms in total. The third-order valence-electron chi connectivity index (χ3n) is 6.04. The third kappa shape index (κ3) is 3.68. The molecular weight excluding hydrogens is 338 g/mol. The lowest BCUT2D eigenvalue weighted by Crippen LogP contribution is -2.43. The molecule has 1 aliphatic carbocycles. The molecule has 1 aromatic heterocycles. The average Bonchev–Trinajstić information content (AvgIpc) is 2.69. The van der Waals surface area contributed by atoms with E-state index < -0.39 is 0 Å². The molecule has 0 saturated heterocycles. The number of nitrogens with zero attached hydrogens (tertiary/aromatic N) is 2. The van der Waals surface area contributed by atoms with Gasteiger partial charge in [0.1, 0.15) is 5.82 Å². The van der Waals surface area contributed by atoms with Gasteiger partial charge in [-0.25, -0.2) is 4.98 Å². The van der Waals surface area contributed by atoms with Crippen LogP contribution in [0.5, 0.6) is 0 Å². The first-order valence-electron chi connectivity index (χ1n) is 10.1. The first-order chi connectivity index (χ1) is 13.1. The van der Waals surface area contributed by atoms with Gasteiger partial charge in [0.15, 0.2) is 0 Å². The Morgan fingerprint density at radius 2 is 1.93 bits per heavy atom. The highest BCUT2D eigenvalue weighted by atomic mass is 16.2. The van der Waals surface area contributed by atoms with Crippen LogP contribution in [0.4, 0.5) is 0 Å². The lowest BCUT2D eigenvalue weighted by atomic mass is 9.76. The Labute approximate surface area is 159 Å². The van der Waals surface area contributed by atoms with Crippen molar-refractivity contribution in [1.29, 1.82) is 0 Å². The Bertz CT molecular complexity index is 869. The summed E-state index contributed by atoms with van der Waals surface area (Å²) < 4.78 is 0. The van der Waals surface area contributed by atoms with E-state index >= 15 is 0 Å². The van der Waals surface area contributed by atoms with Crippen molar-refractivity contribution in [1.82, 2.24) is 14.9 Å². The molecule has 1 saturated carbocycles. The molecule has 2 heterocycles. The molecule has 1 fully saturated rings. The fourth-order valence-corrected chi connectivity index (χ4v) is 4.68. The zero-order chi connectivity index (χ0) is 18.8. The van der Waals surface area contributed by atoms with Crippen LogP contribution in [0.25, 0.3) is 0 Å². The fourth-order valence-electron chi connectivity index (χ4n) is 4.68. The second-order valence-corrected chi connectivity index (χ2v) is 7.87. The Balaban J connectivity index is 1.63. The molecule has 27 heavy (non-hydrogen) atoms. The van der Waals surface area contributed by atoms with Crippen LogP contribution in [0, 0.1) is 12.8 Å². The largest absolute Gasteiger partial charge is 0.337 e. The number of aryl methyl sites for hydroxylation is 1. The summed E-state index contributed by atoms with van der Waals surface area (Å²) in [5, 5.41) is 0. The van der Waals surface area contributed by atoms with Gasteiger partial charge in [0.05, 0.1) is 23.7 Å². The summed E-state index contributed by atoms with van der Waals surface area (Å²) in [7, 11) is 0. The highest BCUT2D eigenvalue weighted by Crippen LogP contribution is 2.38. The Kier molecular flexibility index (Phi) is 5.10. The van der Waals surface area contributed by atoms with Crippen LogP contribution in [-0.4, -0.2) is 27.3 Å². The number of aromatic nitrogens is 2. The Morgan fingerprint density at radius 3 is 2.67 bits per heavy atom. The van der Waals surface area contributed by atoms with Crippen molar-refractivity contribution in [2.75, 3.05) is 6.54 Å². The van der Waals surface area contributed by atoms with Crippen LogP contribution >= 0.6 is 0 Å². The number of carbonyl (C=O) groups is 1. The monoisotopic (exact) mass is 365 g/mol. The van der Waals surface area contributed by atoms with E-state index in [0.29, 0.717) is 36.8 Å². The molecule has 1 unspecified atom stereocenters. The van der Waals surface area contributed by atoms with E-state index in [4.69, 9.17) is 0 Å². The second-order valence-electron chi connectivity index (χ2n) is 7.87. The maximum atomic E-state index is 13.6. The number of hydrogen-bond donors (Lipinski definition) is 1. The highest BCUT2D eigenvalue weighted by Gasteiger charge is 2.35. The average molecular weight is 365 g/mol. The predicted octanol–water partition coefficient (Wildman–Crippen LogP) is 3.33. The van der Waals surface area contributed by atoms with E-state index in [0.717, 1.165) is 24.1 Å². The first kappa shape index (κ1) is 18.0. The second kappa shape index (κ2) is 7.67. The molecule has 2 aliphatic rings. The van der Waals surface area contributed by atoms with Crippen LogP contribution < -0.4 is 5.56 Å². The minimum atomic E-state index is -0.107. The SMILES string of the molecule is Cc1nc2c(c(=O)[nH]1)CN(C(=O)C(c1ccccc1)C1CCCCC1)CC2. The number of hydrogen-bond acceptors (Lipinski definition) is 3. The van der Waals surface area contributed by atoms with Crippen LogP contribution in [0.15, 0.2) is 35.1 Å². The predicted molar refractivity (Wildman–Crippen MR) is 104 cm³/mol. The summed E-state index contributed by atoms with van der Waals surface area (Å²) in [6.07, 6.45) is 6.54. The number of benzene rings is 1. The Hall–Kier alpha value is -2.43. The molecule has 1 N–H and O–H groups in total. The maximum Gasteiger partial charge on any atom is 0.256 e. The van der Waals surface area contributed by atoms with Gasteiger partial charge in [-0.15, -0.1) is 0 Å². The van der Waals surface area contributed by atoms with E-state index in [1.54, 1.807) is 6.92 Å². The van der Waals surface area contributed by atoms with Crippen LogP contribution in [0.2, 0.25) is 0 Å². The van der Waals surface area contributed by atoms with Gasteiger partial charge in [-0.1, -0.05) is 49.6 Å². The van der Waals surface area contributed by atoms with Crippen molar-refractivity contribution in [3.63, 3.8) is 0 Å². The lowest BCUT2D eigenvalue weighted by molar-refractivity contribution is -0.135. The van der Waals surface area contributed by atoms with Gasteiger partial charge in [-0.05, 0) is 31.2 Å². The third-order valence-corrected chi connectivity index (χ3v) is 6.04. The number of carbonyl (C=O) groups excluding carboxylic acids is 1. The summed E-state index contributed by atoms with van der Waals surface area (Å²) in [6, 6.07) is 10.2. The van der Waals surface area contributed by atoms with Gasteiger partial charge >= 0.3 is 0 Å². The smallest absolute Gasteiger partial charge is 0.256 e. The number of rotatable bonds is 3. The van der Waals surface area contributed by atoms with Gasteiger partial charge in [0, 0.05) is 13.0 Å². The first-order valence-corrected chi connectivity index (χ1v) is 10.1. The molecule has 0 radical (unpaired) electrons. The summed E-state index contributed by atoms with van der Waals surface area (Å²) in [4.78, 5) is 35.1. The van der Waals surface area contributed by atoms with Gasteiger partial charge < -0.3 is 9.88 Å². The lowest BCUT2D eigenvalue weighted by Gasteiger charge is -2.35. The molecule has 1 aliphatic heterocycles. The van der Waals surface area contributed by atoms with Crippen molar-refractivity contribution < 1.29 is 4.79 Å². The molecule has 0 bridgehead atoms. The maximum absolute atomic E-state index is 13.6. The number of nitrogens with one attached hydrogen (secondary N) is 1. The van der Waals surface area contributed by atoms with Crippen LogP contribution in [-0.2, 0) is 17.8 Å². The van der Waals surface area contributed by atoms with E-state index in [9.17, 15) is 9.59 Å². The molecule has 4 rings (SSSR count). The topological polar surface area (TPSA) is 66.1 Å². The van der Waals surface area contributed by atoms with Crippen molar-refractivity contribution >= 4 is 5.91 Å². The molecule has 1 atom stereocenters. The number of aromatic amines is 1. The molecule has 2 aromatic rings. The van der Waals surface area contributed by atoms with E-state index in [-0.39, 0.29) is 17.4 Å². The van der Waals surface area contributed by atoms with Crippen LogP contribution in [0.3, 0.4) is 0 Å². The summed E-state index contributed by atoms with van der Waals surface area (Å²) in [6.45, 7) is 2.80. The molecule has 1 aromatic carbocycles. The molecule has 1 amide bonds. The van der Waals surface area contributed by atoms with Crippen molar-refractivity contribution in [3.8, 4) is 0 Å². The summed E-state index contributed by atoms with van der Waals surface area (Å²) >= 11 is 0. The zero-order valence-corrected chi connectivity index (χ0v) is 15.9. The van der Waals surface area contributed by atoms with Crippen LogP contribution in [0.1, 0.15) is 60.7 Å². The standard InChI is InChI=1S/C22H27N3O2/c1-15-23-19-12-13-25(14-18(19)21(26)24-15)22(27)20(16-8-4-2-5-9-16)17-10-6-3-7-11-17/h2,4-5,8-9,17,20H,3,6-7,10-14H2,1H3,(H,23,24,26). The highest BCUT2D eigenvalue weighted by molar-refractivity contribution is 5.84. The van der Waals surface area contributed by atoms with Gasteiger partial charge in [-0.3, -0.25) is 9.59 Å². The minimum Gasteiger partial charge on any atom is -0.337 e. The molecule has 5 heteroatoms. The molecular formula is C22H27N3O2. The van der Waals surface area contributed by atoms with Crippen molar-refractivity contribution in [3.05, 3.63) is 63.3 Å². The number of fused-ring (bicyclic) bond motifs is 1. The minimum absolute atomic E-state index is 0.106. The van der Waals surface area contributed by atoms with E-state index in [1.165, 1.54) is 19.3 Å². The van der Waals surface area contributed by atoms with Gasteiger partial charge in [0.2, 0.25) is 5.91 Å². The van der Waals surface area contributed by atoms with Crippen molar-refractivity contribution in [2.45, 2.75) is 57.9 Å². The van der Waals surface area contributed by atoms with E-state index in [2.05, 4.69) is 22.1 Å². The van der Waals surface area contributed by atoms with Gasteiger partial charge in [-0.2, -0.15) is 0 Å². The zero-order valence-electron chi connectivity index (χ0n) is 15.9. The fraction of sp³-hybridized carbons (Fsp3) is 0.500. The number of H-pyrrole nitrogens is 1. The quantitative estimate of drug-likeness (QED) is 0.907. The summed E-state index contributed by atoms with van der Waals surface area (Å²) in [5.41, 5.74) is 2.49. The summed E-state index contributed by atoms with van der Waals surface area (Å²) in [5.74, 6) is 1.09. The normalized spacial score (nSPS) is 18.8. The Morgan fingerprint density at radius 1 is 1.19 bits per heavy atom. The number of amides is 1. The molecule has 0 spiro atoms.